The molecule has 0 bridgehead atoms. The molecule has 84 valence electrons. The van der Waals surface area contributed by atoms with Gasteiger partial charge in [-0.25, -0.2) is 0 Å². The highest BCUT2D eigenvalue weighted by atomic mass is 16.5. The van der Waals surface area contributed by atoms with E-state index in [9.17, 15) is 0 Å². The van der Waals surface area contributed by atoms with E-state index in [1.165, 1.54) is 0 Å². The van der Waals surface area contributed by atoms with Crippen LogP contribution in [0.5, 0.6) is 0 Å². The molecule has 2 heterocycles. The first-order valence-corrected chi connectivity index (χ1v) is 5.27. The van der Waals surface area contributed by atoms with E-state index < -0.39 is 0 Å². The Hall–Kier alpha value is -1.07. The molecule has 15 heavy (non-hydrogen) atoms. The lowest BCUT2D eigenvalue weighted by Gasteiger charge is -2.33. The first-order valence-electron chi connectivity index (χ1n) is 5.27. The van der Waals surface area contributed by atoms with Crippen LogP contribution >= 0.6 is 0 Å². The Morgan fingerprint density at radius 1 is 1.60 bits per heavy atom. The molecule has 2 rings (SSSR count). The van der Waals surface area contributed by atoms with Crippen LogP contribution in [-0.4, -0.2) is 35.1 Å². The van der Waals surface area contributed by atoms with Gasteiger partial charge in [-0.1, -0.05) is 0 Å². The molecule has 5 nitrogen and oxygen atoms in total. The van der Waals surface area contributed by atoms with Crippen LogP contribution in [0.25, 0.3) is 0 Å². The molecule has 1 aromatic heterocycles. The van der Waals surface area contributed by atoms with E-state index in [0.717, 1.165) is 38.3 Å². The quantitative estimate of drug-likeness (QED) is 0.755. The molecule has 1 fully saturated rings. The van der Waals surface area contributed by atoms with Gasteiger partial charge in [-0.15, -0.1) is 0 Å². The third-order valence-corrected chi connectivity index (χ3v) is 2.84. The van der Waals surface area contributed by atoms with Crippen LogP contribution in [0.4, 0.5) is 5.69 Å². The number of ether oxygens (including phenoxy) is 1. The van der Waals surface area contributed by atoms with Crippen molar-refractivity contribution >= 4 is 5.69 Å². The molecule has 0 aliphatic carbocycles. The number of aromatic nitrogens is 2. The summed E-state index contributed by atoms with van der Waals surface area (Å²) in [5.41, 5.74) is 7.14. The zero-order valence-corrected chi connectivity index (χ0v) is 9.07. The fraction of sp³-hybridized carbons (Fsp3) is 0.700. The standard InChI is InChI=1S/C10H18N4O/c1-14-7-9(6-13-14)12-8-10(11)2-4-15-5-3-10/h6-7,12H,2-5,8,11H2,1H3. The van der Waals surface area contributed by atoms with Gasteiger partial charge in [0, 0.05) is 38.5 Å². The fourth-order valence-corrected chi connectivity index (χ4v) is 1.75. The Morgan fingerprint density at radius 2 is 2.33 bits per heavy atom. The molecular weight excluding hydrogens is 192 g/mol. The third-order valence-electron chi connectivity index (χ3n) is 2.84. The second-order valence-corrected chi connectivity index (χ2v) is 4.23. The van der Waals surface area contributed by atoms with Crippen LogP contribution in [0.3, 0.4) is 0 Å². The number of hydrogen-bond donors (Lipinski definition) is 2. The maximum absolute atomic E-state index is 6.24. The maximum atomic E-state index is 6.24. The highest BCUT2D eigenvalue weighted by Crippen LogP contribution is 2.18. The molecule has 0 saturated carbocycles. The molecule has 1 saturated heterocycles. The minimum absolute atomic E-state index is 0.131. The zero-order chi connectivity index (χ0) is 10.7. The molecular formula is C10H18N4O. The van der Waals surface area contributed by atoms with Gasteiger partial charge in [-0.3, -0.25) is 4.68 Å². The predicted octanol–water partition coefficient (Wildman–Crippen LogP) is 0.340. The van der Waals surface area contributed by atoms with Crippen molar-refractivity contribution in [2.75, 3.05) is 25.1 Å². The number of nitrogens with zero attached hydrogens (tertiary/aromatic N) is 2. The molecule has 0 amide bonds. The fourth-order valence-electron chi connectivity index (χ4n) is 1.75. The van der Waals surface area contributed by atoms with Gasteiger partial charge in [0.25, 0.3) is 0 Å². The van der Waals surface area contributed by atoms with Crippen molar-refractivity contribution in [1.82, 2.24) is 9.78 Å². The van der Waals surface area contributed by atoms with E-state index in [-0.39, 0.29) is 5.54 Å². The lowest BCUT2D eigenvalue weighted by molar-refractivity contribution is 0.0575. The smallest absolute Gasteiger partial charge is 0.0727 e. The monoisotopic (exact) mass is 210 g/mol. The Balaban J connectivity index is 1.86. The van der Waals surface area contributed by atoms with Crippen molar-refractivity contribution in [2.24, 2.45) is 12.8 Å². The molecule has 5 heteroatoms. The minimum atomic E-state index is -0.131. The van der Waals surface area contributed by atoms with E-state index in [0.29, 0.717) is 0 Å². The summed E-state index contributed by atoms with van der Waals surface area (Å²) in [6.07, 6.45) is 5.59. The molecule has 0 unspecified atom stereocenters. The van der Waals surface area contributed by atoms with Gasteiger partial charge >= 0.3 is 0 Å². The molecule has 1 aliphatic rings. The second kappa shape index (κ2) is 4.20. The highest BCUT2D eigenvalue weighted by molar-refractivity contribution is 5.38. The topological polar surface area (TPSA) is 65.1 Å². The van der Waals surface area contributed by atoms with Gasteiger partial charge in [-0.2, -0.15) is 5.10 Å². The van der Waals surface area contributed by atoms with Crippen LogP contribution in [0.1, 0.15) is 12.8 Å². The van der Waals surface area contributed by atoms with Crippen LogP contribution in [-0.2, 0) is 11.8 Å². The van der Waals surface area contributed by atoms with E-state index in [1.807, 2.05) is 19.4 Å². The number of anilines is 1. The number of aryl methyl sites for hydroxylation is 1. The molecule has 0 atom stereocenters. The van der Waals surface area contributed by atoms with Gasteiger partial charge in [0.2, 0.25) is 0 Å². The van der Waals surface area contributed by atoms with Crippen molar-refractivity contribution in [3.63, 3.8) is 0 Å². The van der Waals surface area contributed by atoms with Gasteiger partial charge in [-0.05, 0) is 12.8 Å². The molecule has 0 radical (unpaired) electrons. The summed E-state index contributed by atoms with van der Waals surface area (Å²) in [7, 11) is 1.90. The lowest BCUT2D eigenvalue weighted by atomic mass is 9.91. The number of nitrogens with one attached hydrogen (secondary N) is 1. The van der Waals surface area contributed by atoms with Crippen LogP contribution in [0.2, 0.25) is 0 Å². The Bertz CT molecular complexity index is 317. The van der Waals surface area contributed by atoms with Crippen molar-refractivity contribution in [2.45, 2.75) is 18.4 Å². The van der Waals surface area contributed by atoms with Gasteiger partial charge < -0.3 is 15.8 Å². The van der Waals surface area contributed by atoms with Crippen molar-refractivity contribution in [3.05, 3.63) is 12.4 Å². The summed E-state index contributed by atoms with van der Waals surface area (Å²) in [5.74, 6) is 0. The molecule has 0 aromatic carbocycles. The molecule has 3 N–H and O–H groups in total. The van der Waals surface area contributed by atoms with E-state index in [2.05, 4.69) is 10.4 Å². The van der Waals surface area contributed by atoms with Crippen LogP contribution < -0.4 is 11.1 Å². The first kappa shape index (κ1) is 10.4. The first-order chi connectivity index (χ1) is 7.18. The zero-order valence-electron chi connectivity index (χ0n) is 9.07. The normalized spacial score (nSPS) is 20.1. The largest absolute Gasteiger partial charge is 0.381 e. The van der Waals surface area contributed by atoms with Gasteiger partial charge in [0.05, 0.1) is 11.9 Å². The van der Waals surface area contributed by atoms with Crippen molar-refractivity contribution in [3.8, 4) is 0 Å². The van der Waals surface area contributed by atoms with Crippen molar-refractivity contribution in [1.29, 1.82) is 0 Å². The average molecular weight is 210 g/mol. The van der Waals surface area contributed by atoms with Gasteiger partial charge in [0.15, 0.2) is 0 Å². The summed E-state index contributed by atoms with van der Waals surface area (Å²) in [4.78, 5) is 0. The summed E-state index contributed by atoms with van der Waals surface area (Å²) < 4.78 is 7.07. The molecule has 1 aliphatic heterocycles. The lowest BCUT2D eigenvalue weighted by Crippen LogP contribution is -2.50. The number of hydrogen-bond acceptors (Lipinski definition) is 4. The van der Waals surface area contributed by atoms with E-state index >= 15 is 0 Å². The molecule has 0 spiro atoms. The van der Waals surface area contributed by atoms with Crippen molar-refractivity contribution < 1.29 is 4.74 Å². The Labute approximate surface area is 89.6 Å². The summed E-state index contributed by atoms with van der Waals surface area (Å²) in [6, 6.07) is 0. The summed E-state index contributed by atoms with van der Waals surface area (Å²) in [5, 5.41) is 7.40. The van der Waals surface area contributed by atoms with E-state index in [1.54, 1.807) is 4.68 Å². The summed E-state index contributed by atoms with van der Waals surface area (Å²) in [6.45, 7) is 2.32. The van der Waals surface area contributed by atoms with Crippen LogP contribution in [0.15, 0.2) is 12.4 Å². The van der Waals surface area contributed by atoms with Crippen LogP contribution in [0, 0.1) is 0 Å². The number of rotatable bonds is 3. The SMILES string of the molecule is Cn1cc(NCC2(N)CCOCC2)cn1. The van der Waals surface area contributed by atoms with Gasteiger partial charge in [0.1, 0.15) is 0 Å². The average Bonchev–Trinajstić information content (AvgIpc) is 2.63. The molecule has 1 aromatic rings. The minimum Gasteiger partial charge on any atom is -0.381 e. The Kier molecular flexibility index (Phi) is 2.93. The highest BCUT2D eigenvalue weighted by Gasteiger charge is 2.27. The predicted molar refractivity (Wildman–Crippen MR) is 58.7 cm³/mol. The van der Waals surface area contributed by atoms with E-state index in [4.69, 9.17) is 10.5 Å². The second-order valence-electron chi connectivity index (χ2n) is 4.23. The Morgan fingerprint density at radius 3 is 2.93 bits per heavy atom. The number of nitrogens with two attached hydrogens (primary N) is 1. The maximum Gasteiger partial charge on any atom is 0.0727 e. The summed E-state index contributed by atoms with van der Waals surface area (Å²) >= 11 is 0. The third kappa shape index (κ3) is 2.70.